The summed E-state index contributed by atoms with van der Waals surface area (Å²) in [6.07, 6.45) is 4.50. The third-order valence-electron chi connectivity index (χ3n) is 3.76. The predicted octanol–water partition coefficient (Wildman–Crippen LogP) is 3.13. The zero-order valence-electron chi connectivity index (χ0n) is 11.7. The molecule has 0 radical (unpaired) electrons. The first-order chi connectivity index (χ1) is 10.0. The molecule has 0 bridgehead atoms. The molecule has 1 fully saturated rings. The van der Waals surface area contributed by atoms with E-state index in [9.17, 15) is 13.6 Å². The van der Waals surface area contributed by atoms with Gasteiger partial charge in [0, 0.05) is 24.2 Å². The van der Waals surface area contributed by atoms with Crippen molar-refractivity contribution in [3.63, 3.8) is 0 Å². The second kappa shape index (κ2) is 7.36. The van der Waals surface area contributed by atoms with Gasteiger partial charge in [0.1, 0.15) is 5.75 Å². The van der Waals surface area contributed by atoms with E-state index < -0.39 is 6.61 Å². The number of halogens is 2. The van der Waals surface area contributed by atoms with Gasteiger partial charge in [-0.15, -0.1) is 0 Å². The van der Waals surface area contributed by atoms with Crippen molar-refractivity contribution in [2.24, 2.45) is 11.7 Å². The molecule has 1 saturated carbocycles. The van der Waals surface area contributed by atoms with Crippen LogP contribution in [-0.4, -0.2) is 18.6 Å². The minimum absolute atomic E-state index is 0.0252. The Bertz CT molecular complexity index is 482. The van der Waals surface area contributed by atoms with E-state index in [1.54, 1.807) is 12.1 Å². The summed E-state index contributed by atoms with van der Waals surface area (Å²) in [7, 11) is 0. The lowest BCUT2D eigenvalue weighted by atomic mass is 9.83. The molecule has 2 atom stereocenters. The van der Waals surface area contributed by atoms with Crippen LogP contribution in [0.5, 0.6) is 5.75 Å². The Hall–Kier alpha value is -1.69. The largest absolute Gasteiger partial charge is 0.435 e. The number of benzene rings is 1. The minimum atomic E-state index is -2.88. The maximum Gasteiger partial charge on any atom is 0.387 e. The molecule has 21 heavy (non-hydrogen) atoms. The minimum Gasteiger partial charge on any atom is -0.435 e. The van der Waals surface area contributed by atoms with Crippen molar-refractivity contribution >= 4 is 11.6 Å². The van der Waals surface area contributed by atoms with Crippen molar-refractivity contribution in [3.05, 3.63) is 24.3 Å². The summed E-state index contributed by atoms with van der Waals surface area (Å²) in [5, 5.41) is 2.70. The van der Waals surface area contributed by atoms with Gasteiger partial charge in [-0.3, -0.25) is 4.79 Å². The summed E-state index contributed by atoms with van der Waals surface area (Å²) < 4.78 is 28.6. The van der Waals surface area contributed by atoms with E-state index in [2.05, 4.69) is 10.1 Å². The Morgan fingerprint density at radius 3 is 2.86 bits per heavy atom. The molecule has 0 heterocycles. The average Bonchev–Trinajstić information content (AvgIpc) is 2.41. The Labute approximate surface area is 122 Å². The molecule has 0 saturated heterocycles. The standard InChI is InChI=1S/C15H20F2N2O2/c16-15(17)21-12-6-3-5-11(9-12)19-14(20)8-10-4-1-2-7-13(10)18/h3,5-6,9-10,13,15H,1-2,4,7-8,18H2,(H,19,20). The third kappa shape index (κ3) is 4.97. The molecule has 4 nitrogen and oxygen atoms in total. The van der Waals surface area contributed by atoms with E-state index >= 15 is 0 Å². The lowest BCUT2D eigenvalue weighted by molar-refractivity contribution is -0.117. The number of anilines is 1. The Morgan fingerprint density at radius 2 is 2.14 bits per heavy atom. The van der Waals surface area contributed by atoms with Crippen LogP contribution in [0.3, 0.4) is 0 Å². The van der Waals surface area contributed by atoms with Crippen LogP contribution in [0, 0.1) is 5.92 Å². The third-order valence-corrected chi connectivity index (χ3v) is 3.76. The molecule has 0 aromatic heterocycles. The maximum absolute atomic E-state index is 12.1. The van der Waals surface area contributed by atoms with Gasteiger partial charge in [-0.1, -0.05) is 18.9 Å². The van der Waals surface area contributed by atoms with Crippen molar-refractivity contribution in [3.8, 4) is 5.75 Å². The number of nitrogens with two attached hydrogens (primary N) is 1. The highest BCUT2D eigenvalue weighted by molar-refractivity contribution is 5.91. The zero-order chi connectivity index (χ0) is 15.2. The second-order valence-electron chi connectivity index (χ2n) is 5.37. The highest BCUT2D eigenvalue weighted by Gasteiger charge is 2.24. The van der Waals surface area contributed by atoms with Gasteiger partial charge in [-0.2, -0.15) is 8.78 Å². The first kappa shape index (κ1) is 15.7. The lowest BCUT2D eigenvalue weighted by Crippen LogP contribution is -2.35. The van der Waals surface area contributed by atoms with Crippen LogP contribution in [0.4, 0.5) is 14.5 Å². The molecule has 2 unspecified atom stereocenters. The van der Waals surface area contributed by atoms with Crippen molar-refractivity contribution in [2.45, 2.75) is 44.8 Å². The van der Waals surface area contributed by atoms with Crippen LogP contribution in [0.15, 0.2) is 24.3 Å². The predicted molar refractivity (Wildman–Crippen MR) is 76.3 cm³/mol. The molecule has 3 N–H and O–H groups in total. The van der Waals surface area contributed by atoms with Crippen molar-refractivity contribution in [2.75, 3.05) is 5.32 Å². The first-order valence-corrected chi connectivity index (χ1v) is 7.15. The Kier molecular flexibility index (Phi) is 5.50. The fraction of sp³-hybridized carbons (Fsp3) is 0.533. The monoisotopic (exact) mass is 298 g/mol. The van der Waals surface area contributed by atoms with E-state index in [1.165, 1.54) is 12.1 Å². The summed E-state index contributed by atoms with van der Waals surface area (Å²) in [6, 6.07) is 6.05. The first-order valence-electron chi connectivity index (χ1n) is 7.15. The van der Waals surface area contributed by atoms with Gasteiger partial charge in [0.15, 0.2) is 0 Å². The van der Waals surface area contributed by atoms with E-state index in [-0.39, 0.29) is 23.6 Å². The summed E-state index contributed by atoms with van der Waals surface area (Å²) in [5.41, 5.74) is 6.46. The van der Waals surface area contributed by atoms with Crippen LogP contribution in [0.25, 0.3) is 0 Å². The lowest BCUT2D eigenvalue weighted by Gasteiger charge is -2.27. The Morgan fingerprint density at radius 1 is 1.38 bits per heavy atom. The number of carbonyl (C=O) groups is 1. The number of alkyl halides is 2. The topological polar surface area (TPSA) is 64.4 Å². The summed E-state index contributed by atoms with van der Waals surface area (Å²) in [6.45, 7) is -2.88. The number of hydrogen-bond acceptors (Lipinski definition) is 3. The molecule has 6 heteroatoms. The van der Waals surface area contributed by atoms with Crippen LogP contribution in [0.2, 0.25) is 0 Å². The molecule has 116 valence electrons. The smallest absolute Gasteiger partial charge is 0.387 e. The molecular weight excluding hydrogens is 278 g/mol. The van der Waals surface area contributed by atoms with Gasteiger partial charge >= 0.3 is 6.61 Å². The van der Waals surface area contributed by atoms with E-state index in [1.807, 2.05) is 0 Å². The number of hydrogen-bond donors (Lipinski definition) is 2. The van der Waals surface area contributed by atoms with Gasteiger partial charge in [0.25, 0.3) is 0 Å². The highest BCUT2D eigenvalue weighted by atomic mass is 19.3. The number of amides is 1. The van der Waals surface area contributed by atoms with Crippen LogP contribution < -0.4 is 15.8 Å². The zero-order valence-corrected chi connectivity index (χ0v) is 11.7. The average molecular weight is 298 g/mol. The van der Waals surface area contributed by atoms with Gasteiger partial charge in [0.2, 0.25) is 5.91 Å². The van der Waals surface area contributed by atoms with E-state index in [0.717, 1.165) is 25.7 Å². The second-order valence-corrected chi connectivity index (χ2v) is 5.37. The van der Waals surface area contributed by atoms with Gasteiger partial charge in [-0.05, 0) is 30.9 Å². The number of nitrogens with one attached hydrogen (secondary N) is 1. The van der Waals surface area contributed by atoms with Crippen LogP contribution in [-0.2, 0) is 4.79 Å². The van der Waals surface area contributed by atoms with Gasteiger partial charge < -0.3 is 15.8 Å². The van der Waals surface area contributed by atoms with E-state index in [0.29, 0.717) is 12.1 Å². The summed E-state index contributed by atoms with van der Waals surface area (Å²) in [5.74, 6) is 0.0722. The molecule has 1 amide bonds. The molecule has 1 aromatic rings. The molecule has 0 aliphatic heterocycles. The summed E-state index contributed by atoms with van der Waals surface area (Å²) >= 11 is 0. The maximum atomic E-state index is 12.1. The Balaban J connectivity index is 1.90. The molecule has 1 aromatic carbocycles. The van der Waals surface area contributed by atoms with Gasteiger partial charge in [0.05, 0.1) is 0 Å². The van der Waals surface area contributed by atoms with Crippen molar-refractivity contribution in [1.82, 2.24) is 0 Å². The molecule has 0 spiro atoms. The summed E-state index contributed by atoms with van der Waals surface area (Å²) in [4.78, 5) is 12.0. The van der Waals surface area contributed by atoms with Crippen molar-refractivity contribution in [1.29, 1.82) is 0 Å². The van der Waals surface area contributed by atoms with Gasteiger partial charge in [-0.25, -0.2) is 0 Å². The van der Waals surface area contributed by atoms with Crippen LogP contribution >= 0.6 is 0 Å². The highest BCUT2D eigenvalue weighted by Crippen LogP contribution is 2.26. The normalized spacial score (nSPS) is 22.1. The number of ether oxygens (including phenoxy) is 1. The number of carbonyl (C=O) groups excluding carboxylic acids is 1. The molecule has 1 aliphatic carbocycles. The fourth-order valence-electron chi connectivity index (χ4n) is 2.69. The molecule has 1 aliphatic rings. The van der Waals surface area contributed by atoms with E-state index in [4.69, 9.17) is 5.73 Å². The SMILES string of the molecule is NC1CCCCC1CC(=O)Nc1cccc(OC(F)F)c1. The fourth-order valence-corrected chi connectivity index (χ4v) is 2.69. The quantitative estimate of drug-likeness (QED) is 0.877. The molecule has 2 rings (SSSR count). The van der Waals surface area contributed by atoms with Crippen molar-refractivity contribution < 1.29 is 18.3 Å². The van der Waals surface area contributed by atoms with Crippen LogP contribution in [0.1, 0.15) is 32.1 Å². The molecular formula is C15H20F2N2O2. The number of rotatable bonds is 5.